The molecule has 6 aromatic carbocycles. The predicted octanol–water partition coefficient (Wildman–Crippen LogP) is 6.20. The van der Waals surface area contributed by atoms with Crippen LogP contribution in [0.25, 0.3) is 21.8 Å². The van der Waals surface area contributed by atoms with Crippen LogP contribution in [0.1, 0.15) is 27.9 Å². The number of esters is 1. The van der Waals surface area contributed by atoms with Crippen LogP contribution in [0.2, 0.25) is 20.1 Å². The summed E-state index contributed by atoms with van der Waals surface area (Å²) in [6.07, 6.45) is 0. The number of amides is 4. The number of aromatic nitrogens is 2. The van der Waals surface area contributed by atoms with Crippen molar-refractivity contribution in [1.29, 1.82) is 0 Å². The fourth-order valence-corrected chi connectivity index (χ4v) is 7.77. The number of para-hydroxylation sites is 4. The molecule has 0 aliphatic rings. The number of carboxylic acids is 1. The first-order chi connectivity index (χ1) is 30.9. The molecule has 2 heterocycles. The first-order valence-corrected chi connectivity index (χ1v) is 20.8. The Bertz CT molecular complexity index is 2940. The first-order valence-electron chi connectivity index (χ1n) is 19.3. The number of pyridine rings is 2. The van der Waals surface area contributed by atoms with Gasteiger partial charge in [-0.25, -0.2) is 24.4 Å². The Labute approximate surface area is 448 Å². The number of rotatable bonds is 9. The van der Waals surface area contributed by atoms with E-state index < -0.39 is 24.0 Å². The molecule has 19 heteroatoms. The average molecular weight is 995 g/mol. The van der Waals surface area contributed by atoms with Crippen LogP contribution in [-0.4, -0.2) is 46.1 Å². The first kappa shape index (κ1) is 54.3. The van der Waals surface area contributed by atoms with Crippen LogP contribution in [0.5, 0.6) is 0 Å². The molecule has 328 valence electrons. The van der Waals surface area contributed by atoms with E-state index >= 15 is 0 Å². The molecule has 0 spiro atoms. The summed E-state index contributed by atoms with van der Waals surface area (Å²) in [7, 11) is 0. The van der Waals surface area contributed by atoms with Gasteiger partial charge < -0.3 is 30.7 Å². The van der Waals surface area contributed by atoms with Crippen LogP contribution < -0.4 is 84.7 Å². The van der Waals surface area contributed by atoms with Gasteiger partial charge in [-0.3, -0.25) is 9.80 Å². The fourth-order valence-electron chi connectivity index (χ4n) is 6.60. The molecule has 0 fully saturated rings. The van der Waals surface area contributed by atoms with Crippen molar-refractivity contribution in [3.05, 3.63) is 189 Å². The summed E-state index contributed by atoms with van der Waals surface area (Å²) in [5.41, 5.74) is 3.33. The molecule has 0 aliphatic carbocycles. The Kier molecular flexibility index (Phi) is 20.4. The molecule has 0 aliphatic heterocycles. The molecular weight excluding hydrogens is 960 g/mol. The Hall–Kier alpha value is -5.26. The predicted molar refractivity (Wildman–Crippen MR) is 254 cm³/mol. The van der Waals surface area contributed by atoms with Gasteiger partial charge in [-0.05, 0) is 91.9 Å². The van der Waals surface area contributed by atoms with Gasteiger partial charge in [0.1, 0.15) is 0 Å². The van der Waals surface area contributed by atoms with Crippen molar-refractivity contribution >= 4 is 126 Å². The van der Waals surface area contributed by atoms with E-state index in [1.165, 1.54) is 34.1 Å². The Morgan fingerprint density at radius 2 is 0.866 bits per heavy atom. The maximum atomic E-state index is 13.6. The number of ether oxygens (including phenoxy) is 1. The van der Waals surface area contributed by atoms with E-state index in [2.05, 4.69) is 20.6 Å². The van der Waals surface area contributed by atoms with E-state index in [0.29, 0.717) is 54.8 Å². The quantitative estimate of drug-likeness (QED) is 0.126. The van der Waals surface area contributed by atoms with Crippen molar-refractivity contribution in [2.24, 2.45) is 0 Å². The third-order valence-corrected chi connectivity index (χ3v) is 10.3. The average Bonchev–Trinajstić information content (AvgIpc) is 3.27. The Balaban J connectivity index is 0.000000280. The van der Waals surface area contributed by atoms with Crippen LogP contribution in [0.4, 0.5) is 43.7 Å². The number of nitrogens with one attached hydrogen (secondary N) is 2. The van der Waals surface area contributed by atoms with Gasteiger partial charge in [0, 0.05) is 20.8 Å². The Morgan fingerprint density at radius 3 is 1.19 bits per heavy atom. The minimum absolute atomic E-state index is 0. The molecule has 0 atom stereocenters. The molecule has 0 saturated carbocycles. The van der Waals surface area contributed by atoms with Crippen molar-refractivity contribution in [1.82, 2.24) is 9.97 Å². The fraction of sp³-hybridized carbons (Fsp3) is 0.0417. The number of urea groups is 2. The van der Waals surface area contributed by atoms with E-state index in [1.54, 1.807) is 43.3 Å². The Morgan fingerprint density at radius 1 is 0.537 bits per heavy atom. The molecule has 67 heavy (non-hydrogen) atoms. The monoisotopic (exact) mass is 992 g/mol. The van der Waals surface area contributed by atoms with Gasteiger partial charge in [0.15, 0.2) is 5.69 Å². The second-order valence-electron chi connectivity index (χ2n) is 13.6. The number of hydrogen-bond donors (Lipinski definition) is 2. The summed E-state index contributed by atoms with van der Waals surface area (Å²) >= 11 is 25.0. The summed E-state index contributed by atoms with van der Waals surface area (Å²) in [5.74, 6) is -2.11. The number of carbonyl (C=O) groups is 4. The van der Waals surface area contributed by atoms with Gasteiger partial charge in [0.05, 0.1) is 73.5 Å². The SMILES string of the molecule is CCOC(=O)c1cc(NC(=O)N(c2ccccc2)c2ccccc2)c2c(Cl)cc(Cl)cc2n1.O=C([O-])c1cc(NC(=O)N(c2ccccc2)c2ccccc2)c2c(Cl)cc(Cl)cc2n1.[Na+].[Na+].[OH-]. The minimum atomic E-state index is -1.49. The largest absolute Gasteiger partial charge is 1.00 e. The van der Waals surface area contributed by atoms with Crippen LogP contribution in [0.3, 0.4) is 0 Å². The summed E-state index contributed by atoms with van der Waals surface area (Å²) in [4.78, 5) is 62.2. The molecule has 0 radical (unpaired) electrons. The zero-order valence-corrected chi connectivity index (χ0v) is 42.9. The maximum Gasteiger partial charge on any atom is 1.00 e. The smallest absolute Gasteiger partial charge is 0.870 e. The van der Waals surface area contributed by atoms with Crippen LogP contribution in [-0.2, 0) is 4.74 Å². The van der Waals surface area contributed by atoms with Crippen molar-refractivity contribution in [3.8, 4) is 0 Å². The third-order valence-electron chi connectivity index (χ3n) is 9.29. The second-order valence-corrected chi connectivity index (χ2v) is 15.2. The molecule has 0 bridgehead atoms. The van der Waals surface area contributed by atoms with Gasteiger partial charge in [-0.1, -0.05) is 119 Å². The molecule has 2 aromatic heterocycles. The summed E-state index contributed by atoms with van der Waals surface area (Å²) in [5, 5.41) is 19.1. The van der Waals surface area contributed by atoms with E-state index in [9.17, 15) is 24.3 Å². The van der Waals surface area contributed by atoms with Crippen LogP contribution in [0, 0.1) is 0 Å². The summed E-state index contributed by atoms with van der Waals surface area (Å²) in [6, 6.07) is 44.3. The van der Waals surface area contributed by atoms with Crippen molar-refractivity contribution in [2.75, 3.05) is 27.0 Å². The molecular formula is C48H34Cl4N6Na2O7. The number of halogens is 4. The zero-order valence-electron chi connectivity index (χ0n) is 35.9. The normalized spacial score (nSPS) is 10.2. The summed E-state index contributed by atoms with van der Waals surface area (Å²) in [6.45, 7) is 1.89. The molecule has 8 rings (SSSR count). The number of fused-ring (bicyclic) bond motifs is 2. The van der Waals surface area contributed by atoms with E-state index in [-0.39, 0.29) is 104 Å². The van der Waals surface area contributed by atoms with Gasteiger partial charge in [-0.15, -0.1) is 0 Å². The van der Waals surface area contributed by atoms with Gasteiger partial charge in [0.25, 0.3) is 0 Å². The third kappa shape index (κ3) is 13.3. The number of hydrogen-bond acceptors (Lipinski definition) is 9. The number of nitrogens with zero attached hydrogens (tertiary/aromatic N) is 4. The molecule has 3 N–H and O–H groups in total. The van der Waals surface area contributed by atoms with Crippen molar-refractivity contribution in [3.63, 3.8) is 0 Å². The van der Waals surface area contributed by atoms with Gasteiger partial charge >= 0.3 is 77.1 Å². The van der Waals surface area contributed by atoms with Crippen LogP contribution in [0.15, 0.2) is 158 Å². The number of carboxylic acid groups (broad SMARTS) is 1. The molecule has 0 unspecified atom stereocenters. The zero-order chi connectivity index (χ0) is 45.3. The van der Waals surface area contributed by atoms with E-state index in [1.807, 2.05) is 97.1 Å². The number of anilines is 6. The van der Waals surface area contributed by atoms with E-state index in [4.69, 9.17) is 51.1 Å². The van der Waals surface area contributed by atoms with Crippen molar-refractivity contribution < 1.29 is 93.6 Å². The van der Waals surface area contributed by atoms with Crippen LogP contribution >= 0.6 is 46.4 Å². The minimum Gasteiger partial charge on any atom is -0.870 e. The maximum absolute atomic E-state index is 13.6. The number of carbonyl (C=O) groups excluding carboxylic acids is 4. The molecule has 0 saturated heterocycles. The molecule has 13 nitrogen and oxygen atoms in total. The van der Waals surface area contributed by atoms with E-state index in [0.717, 1.165) is 0 Å². The number of benzene rings is 6. The summed E-state index contributed by atoms with van der Waals surface area (Å²) < 4.78 is 5.09. The van der Waals surface area contributed by atoms with Gasteiger partial charge in [-0.2, -0.15) is 0 Å². The van der Waals surface area contributed by atoms with Gasteiger partial charge in [0.2, 0.25) is 0 Å². The second kappa shape index (κ2) is 25.2. The molecule has 8 aromatic rings. The molecule has 4 amide bonds. The standard InChI is InChI=1S/C25H19Cl2N3O3.C23H15Cl2N3O3.2Na.H2O/c1-2-33-24(31)22-15-21(23-19(27)13-16(26)14-20(23)28-22)29-25(32)30(17-9-5-3-6-10-17)18-11-7-4-8-12-18;24-14-11-17(25)21-18(12-14)26-20(22(29)30)13-19(21)27-23(31)28(15-7-3-1-4-8-15)16-9-5-2-6-10-16;;;/h3-15H,2H2,1H3,(H,28,29,32);1-13H,(H,29,30)(H,26,27,31);;;1H2/q;;2*+1;/p-2. The topological polar surface area (TPSA) is 187 Å². The number of aromatic carboxylic acids is 1. The van der Waals surface area contributed by atoms with Crippen molar-refractivity contribution in [2.45, 2.75) is 6.92 Å².